The van der Waals surface area contributed by atoms with Crippen LogP contribution < -0.4 is 0 Å². The number of hydrogen-bond donors (Lipinski definition) is 1. The predicted octanol–water partition coefficient (Wildman–Crippen LogP) is 1.65. The Labute approximate surface area is 86.7 Å². The lowest BCUT2D eigenvalue weighted by Gasteiger charge is -2.05. The van der Waals surface area contributed by atoms with Gasteiger partial charge in [0.1, 0.15) is 0 Å². The fraction of sp³-hybridized carbons (Fsp3) is 0.273. The molecule has 0 aliphatic rings. The molecule has 0 saturated carbocycles. The molecule has 14 heavy (non-hydrogen) atoms. The minimum atomic E-state index is -1.14. The summed E-state index contributed by atoms with van der Waals surface area (Å²) in [5, 5.41) is 9.23. The Morgan fingerprint density at radius 3 is 2.57 bits per heavy atom. The molecule has 0 amide bonds. The normalized spacial score (nSPS) is 14.7. The van der Waals surface area contributed by atoms with Gasteiger partial charge in [-0.05, 0) is 19.1 Å². The first kappa shape index (κ1) is 11.1. The van der Waals surface area contributed by atoms with E-state index in [0.29, 0.717) is 0 Å². The van der Waals surface area contributed by atoms with Crippen molar-refractivity contribution < 1.29 is 9.32 Å². The Kier molecular flexibility index (Phi) is 4.04. The van der Waals surface area contributed by atoms with Crippen molar-refractivity contribution in [2.45, 2.75) is 17.9 Å². The van der Waals surface area contributed by atoms with E-state index >= 15 is 0 Å². The maximum Gasteiger partial charge on any atom is 0.0837 e. The average molecular weight is 210 g/mol. The number of hydrogen-bond acceptors (Lipinski definition) is 2. The fourth-order valence-corrected chi connectivity index (χ4v) is 2.09. The van der Waals surface area contributed by atoms with Gasteiger partial charge in [0, 0.05) is 4.90 Å². The van der Waals surface area contributed by atoms with Crippen LogP contribution in [0.5, 0.6) is 0 Å². The number of aryl methyl sites for hydroxylation is 1. The largest absolute Gasteiger partial charge is 0.388 e. The summed E-state index contributed by atoms with van der Waals surface area (Å²) >= 11 is 0. The third-order valence-electron chi connectivity index (χ3n) is 1.88. The summed E-state index contributed by atoms with van der Waals surface area (Å²) in [6.45, 7) is 5.41. The molecular formula is C11H14O2S. The molecule has 2 nitrogen and oxygen atoms in total. The molecule has 1 aromatic carbocycles. The number of aliphatic hydroxyl groups is 1. The molecule has 0 aliphatic heterocycles. The van der Waals surface area contributed by atoms with Crippen LogP contribution in [0.1, 0.15) is 5.56 Å². The summed E-state index contributed by atoms with van der Waals surface area (Å²) in [4.78, 5) is 0.747. The van der Waals surface area contributed by atoms with Crippen LogP contribution in [0.25, 0.3) is 0 Å². The van der Waals surface area contributed by atoms with E-state index in [1.807, 2.05) is 31.2 Å². The van der Waals surface area contributed by atoms with Crippen molar-refractivity contribution in [3.05, 3.63) is 42.5 Å². The minimum Gasteiger partial charge on any atom is -0.388 e. The standard InChI is InChI=1S/C11H14O2S/c1-3-10(12)8-14(13)11-6-4-9(2)5-7-11/h3-7,10,12H,1,8H2,2H3/t10-,14?/m0/s1. The van der Waals surface area contributed by atoms with E-state index in [1.54, 1.807) is 0 Å². The van der Waals surface area contributed by atoms with Crippen LogP contribution in [0.15, 0.2) is 41.8 Å². The Morgan fingerprint density at radius 2 is 2.07 bits per heavy atom. The molecule has 0 aliphatic carbocycles. The maximum atomic E-state index is 11.6. The molecule has 0 spiro atoms. The van der Waals surface area contributed by atoms with Crippen LogP contribution in [0.2, 0.25) is 0 Å². The van der Waals surface area contributed by atoms with Crippen molar-refractivity contribution >= 4 is 10.8 Å². The Morgan fingerprint density at radius 1 is 1.50 bits per heavy atom. The minimum absolute atomic E-state index is 0.215. The first-order chi connectivity index (χ1) is 6.63. The Balaban J connectivity index is 2.70. The second-order valence-corrected chi connectivity index (χ2v) is 4.62. The third kappa shape index (κ3) is 3.09. The van der Waals surface area contributed by atoms with Crippen molar-refractivity contribution in [1.29, 1.82) is 0 Å². The molecule has 0 bridgehead atoms. The van der Waals surface area contributed by atoms with E-state index in [1.165, 1.54) is 6.08 Å². The molecule has 1 unspecified atom stereocenters. The van der Waals surface area contributed by atoms with E-state index in [9.17, 15) is 9.32 Å². The first-order valence-corrected chi connectivity index (χ1v) is 5.71. The molecule has 1 N–H and O–H groups in total. The second-order valence-electron chi connectivity index (χ2n) is 3.13. The van der Waals surface area contributed by atoms with Gasteiger partial charge >= 0.3 is 0 Å². The van der Waals surface area contributed by atoms with Crippen LogP contribution >= 0.6 is 0 Å². The lowest BCUT2D eigenvalue weighted by molar-refractivity contribution is 0.248. The molecule has 0 radical (unpaired) electrons. The van der Waals surface area contributed by atoms with Crippen LogP contribution in [0.4, 0.5) is 0 Å². The maximum absolute atomic E-state index is 11.6. The van der Waals surface area contributed by atoms with Crippen molar-refractivity contribution in [2.75, 3.05) is 5.75 Å². The smallest absolute Gasteiger partial charge is 0.0837 e. The SMILES string of the molecule is C=C[C@H](O)CS(=O)c1ccc(C)cc1. The van der Waals surface area contributed by atoms with Crippen LogP contribution in [0, 0.1) is 6.92 Å². The molecule has 0 aromatic heterocycles. The molecule has 76 valence electrons. The van der Waals surface area contributed by atoms with Gasteiger partial charge in [-0.25, -0.2) is 0 Å². The number of aliphatic hydroxyl groups excluding tert-OH is 1. The predicted molar refractivity (Wildman–Crippen MR) is 58.7 cm³/mol. The lowest BCUT2D eigenvalue weighted by Crippen LogP contribution is -2.13. The summed E-state index contributed by atoms with van der Waals surface area (Å²) in [6.07, 6.45) is 0.698. The van der Waals surface area contributed by atoms with E-state index in [0.717, 1.165) is 10.5 Å². The molecule has 1 aromatic rings. The molecular weight excluding hydrogens is 196 g/mol. The number of rotatable bonds is 4. The van der Waals surface area contributed by atoms with Crippen molar-refractivity contribution in [2.24, 2.45) is 0 Å². The van der Waals surface area contributed by atoms with Gasteiger partial charge in [-0.1, -0.05) is 23.8 Å². The Bertz CT molecular complexity index is 330. The zero-order valence-electron chi connectivity index (χ0n) is 8.14. The lowest BCUT2D eigenvalue weighted by atomic mass is 10.2. The quantitative estimate of drug-likeness (QED) is 0.767. The van der Waals surface area contributed by atoms with Gasteiger partial charge in [0.05, 0.1) is 22.7 Å². The zero-order chi connectivity index (χ0) is 10.6. The van der Waals surface area contributed by atoms with Crippen LogP contribution in [-0.4, -0.2) is 21.2 Å². The monoisotopic (exact) mass is 210 g/mol. The fourth-order valence-electron chi connectivity index (χ4n) is 1.01. The van der Waals surface area contributed by atoms with Crippen molar-refractivity contribution in [1.82, 2.24) is 0 Å². The summed E-state index contributed by atoms with van der Waals surface area (Å²) in [6, 6.07) is 7.46. The number of benzene rings is 1. The topological polar surface area (TPSA) is 37.3 Å². The van der Waals surface area contributed by atoms with Gasteiger partial charge in [-0.15, -0.1) is 6.58 Å². The van der Waals surface area contributed by atoms with Gasteiger partial charge in [-0.2, -0.15) is 0 Å². The van der Waals surface area contributed by atoms with Gasteiger partial charge in [0.15, 0.2) is 0 Å². The van der Waals surface area contributed by atoms with Crippen LogP contribution in [0.3, 0.4) is 0 Å². The van der Waals surface area contributed by atoms with E-state index < -0.39 is 16.9 Å². The van der Waals surface area contributed by atoms with Crippen LogP contribution in [-0.2, 0) is 10.8 Å². The highest BCUT2D eigenvalue weighted by Gasteiger charge is 2.07. The average Bonchev–Trinajstić information content (AvgIpc) is 2.18. The molecule has 1 rings (SSSR count). The second kappa shape index (κ2) is 5.08. The Hall–Kier alpha value is -0.930. The molecule has 2 atom stereocenters. The summed E-state index contributed by atoms with van der Waals surface area (Å²) in [5.74, 6) is 0.215. The highest BCUT2D eigenvalue weighted by atomic mass is 32.2. The summed E-state index contributed by atoms with van der Waals surface area (Å²) in [7, 11) is -1.14. The van der Waals surface area contributed by atoms with Crippen molar-refractivity contribution in [3.63, 3.8) is 0 Å². The molecule has 0 saturated heterocycles. The highest BCUT2D eigenvalue weighted by Crippen LogP contribution is 2.09. The molecule has 0 heterocycles. The van der Waals surface area contributed by atoms with E-state index in [-0.39, 0.29) is 5.75 Å². The summed E-state index contributed by atoms with van der Waals surface area (Å²) in [5.41, 5.74) is 1.13. The highest BCUT2D eigenvalue weighted by molar-refractivity contribution is 7.85. The van der Waals surface area contributed by atoms with Gasteiger partial charge in [0.2, 0.25) is 0 Å². The van der Waals surface area contributed by atoms with Gasteiger partial charge in [-0.3, -0.25) is 4.21 Å². The van der Waals surface area contributed by atoms with Gasteiger partial charge in [0.25, 0.3) is 0 Å². The third-order valence-corrected chi connectivity index (χ3v) is 3.32. The summed E-state index contributed by atoms with van der Waals surface area (Å²) < 4.78 is 11.6. The first-order valence-electron chi connectivity index (χ1n) is 4.39. The van der Waals surface area contributed by atoms with Gasteiger partial charge < -0.3 is 5.11 Å². The van der Waals surface area contributed by atoms with E-state index in [4.69, 9.17) is 0 Å². The molecule has 3 heteroatoms. The van der Waals surface area contributed by atoms with Crippen molar-refractivity contribution in [3.8, 4) is 0 Å². The van der Waals surface area contributed by atoms with E-state index in [2.05, 4.69) is 6.58 Å². The zero-order valence-corrected chi connectivity index (χ0v) is 8.96. The molecule has 0 fully saturated rings.